The number of halogens is 1. The van der Waals surface area contributed by atoms with Gasteiger partial charge in [0.05, 0.1) is 0 Å². The normalized spacial score (nSPS) is 15.4. The number of rotatable bonds is 5. The van der Waals surface area contributed by atoms with E-state index in [0.29, 0.717) is 0 Å². The van der Waals surface area contributed by atoms with Gasteiger partial charge in [0.15, 0.2) is 0 Å². The maximum atomic E-state index is 12.6. The summed E-state index contributed by atoms with van der Waals surface area (Å²) >= 11 is 3.41. The SMILES string of the molecule is CCCc1ccc(CN2CCN(C(=O)c3ccc(Br)cc3)CC2)cc1. The third-order valence-corrected chi connectivity index (χ3v) is 5.25. The van der Waals surface area contributed by atoms with E-state index in [1.54, 1.807) is 0 Å². The second kappa shape index (κ2) is 8.63. The van der Waals surface area contributed by atoms with Crippen LogP contribution in [0.4, 0.5) is 0 Å². The minimum Gasteiger partial charge on any atom is -0.336 e. The first-order valence-corrected chi connectivity index (χ1v) is 9.80. The van der Waals surface area contributed by atoms with Gasteiger partial charge in [0, 0.05) is 42.8 Å². The zero-order valence-corrected chi connectivity index (χ0v) is 16.3. The number of hydrogen-bond donors (Lipinski definition) is 0. The molecule has 4 heteroatoms. The average Bonchev–Trinajstić information content (AvgIpc) is 2.64. The first-order chi connectivity index (χ1) is 12.2. The van der Waals surface area contributed by atoms with Crippen LogP contribution in [0.3, 0.4) is 0 Å². The highest BCUT2D eigenvalue weighted by Gasteiger charge is 2.22. The summed E-state index contributed by atoms with van der Waals surface area (Å²) in [5.41, 5.74) is 3.53. The minimum atomic E-state index is 0.135. The van der Waals surface area contributed by atoms with Crippen molar-refractivity contribution in [1.29, 1.82) is 0 Å². The first-order valence-electron chi connectivity index (χ1n) is 9.00. The quantitative estimate of drug-likeness (QED) is 0.744. The lowest BCUT2D eigenvalue weighted by Crippen LogP contribution is -2.48. The van der Waals surface area contributed by atoms with Crippen LogP contribution in [0, 0.1) is 0 Å². The van der Waals surface area contributed by atoms with E-state index in [-0.39, 0.29) is 5.91 Å². The molecule has 0 spiro atoms. The molecule has 2 aromatic carbocycles. The van der Waals surface area contributed by atoms with Crippen molar-refractivity contribution in [1.82, 2.24) is 9.80 Å². The molecule has 0 atom stereocenters. The van der Waals surface area contributed by atoms with E-state index in [4.69, 9.17) is 0 Å². The molecule has 1 saturated heterocycles. The second-order valence-corrected chi connectivity index (χ2v) is 7.56. The number of carbonyl (C=O) groups excluding carboxylic acids is 1. The predicted molar refractivity (Wildman–Crippen MR) is 106 cm³/mol. The topological polar surface area (TPSA) is 23.6 Å². The molecule has 0 saturated carbocycles. The molecule has 0 unspecified atom stereocenters. The standard InChI is InChI=1S/C21H25BrN2O/c1-2-3-17-4-6-18(7-5-17)16-23-12-14-24(15-13-23)21(25)19-8-10-20(22)11-9-19/h4-11H,2-3,12-16H2,1H3. The van der Waals surface area contributed by atoms with Crippen LogP contribution in [0.15, 0.2) is 53.0 Å². The molecule has 1 fully saturated rings. The van der Waals surface area contributed by atoms with Crippen LogP contribution in [-0.2, 0) is 13.0 Å². The Hall–Kier alpha value is -1.65. The number of hydrogen-bond acceptors (Lipinski definition) is 2. The van der Waals surface area contributed by atoms with E-state index in [0.717, 1.165) is 49.2 Å². The number of amides is 1. The molecule has 132 valence electrons. The van der Waals surface area contributed by atoms with Gasteiger partial charge < -0.3 is 4.90 Å². The summed E-state index contributed by atoms with van der Waals surface area (Å²) in [5, 5.41) is 0. The Labute approximate surface area is 158 Å². The maximum absolute atomic E-state index is 12.6. The molecule has 3 nitrogen and oxygen atoms in total. The smallest absolute Gasteiger partial charge is 0.253 e. The van der Waals surface area contributed by atoms with Crippen LogP contribution < -0.4 is 0 Å². The highest BCUT2D eigenvalue weighted by molar-refractivity contribution is 9.10. The van der Waals surface area contributed by atoms with E-state index in [2.05, 4.69) is 52.0 Å². The van der Waals surface area contributed by atoms with Crippen molar-refractivity contribution in [3.63, 3.8) is 0 Å². The summed E-state index contributed by atoms with van der Waals surface area (Å²) in [4.78, 5) is 17.0. The van der Waals surface area contributed by atoms with Gasteiger partial charge in [-0.25, -0.2) is 0 Å². The molecule has 0 aromatic heterocycles. The van der Waals surface area contributed by atoms with Crippen molar-refractivity contribution in [2.75, 3.05) is 26.2 Å². The van der Waals surface area contributed by atoms with Gasteiger partial charge in [-0.3, -0.25) is 9.69 Å². The predicted octanol–water partition coefficient (Wildman–Crippen LogP) is 4.36. The molecular formula is C21H25BrN2O. The molecule has 1 aliphatic heterocycles. The van der Waals surface area contributed by atoms with E-state index < -0.39 is 0 Å². The maximum Gasteiger partial charge on any atom is 0.253 e. The number of nitrogens with zero attached hydrogens (tertiary/aromatic N) is 2. The molecule has 0 bridgehead atoms. The Morgan fingerprint density at radius 3 is 2.12 bits per heavy atom. The molecule has 1 amide bonds. The van der Waals surface area contributed by atoms with Gasteiger partial charge in [0.2, 0.25) is 0 Å². The number of aryl methyl sites for hydroxylation is 1. The Kier molecular flexibility index (Phi) is 6.27. The van der Waals surface area contributed by atoms with Crippen LogP contribution >= 0.6 is 15.9 Å². The summed E-state index contributed by atoms with van der Waals surface area (Å²) in [6.45, 7) is 6.62. The van der Waals surface area contributed by atoms with Crippen molar-refractivity contribution in [2.45, 2.75) is 26.3 Å². The summed E-state index contributed by atoms with van der Waals surface area (Å²) < 4.78 is 0.999. The monoisotopic (exact) mass is 400 g/mol. The van der Waals surface area contributed by atoms with Gasteiger partial charge in [-0.1, -0.05) is 53.5 Å². The van der Waals surface area contributed by atoms with E-state index >= 15 is 0 Å². The molecule has 25 heavy (non-hydrogen) atoms. The van der Waals surface area contributed by atoms with Crippen LogP contribution in [0.1, 0.15) is 34.8 Å². The van der Waals surface area contributed by atoms with Crippen molar-refractivity contribution in [3.8, 4) is 0 Å². The first kappa shape index (κ1) is 18.2. The van der Waals surface area contributed by atoms with Crippen molar-refractivity contribution in [3.05, 3.63) is 69.7 Å². The largest absolute Gasteiger partial charge is 0.336 e. The van der Waals surface area contributed by atoms with E-state index in [1.165, 1.54) is 17.5 Å². The van der Waals surface area contributed by atoms with Gasteiger partial charge in [-0.15, -0.1) is 0 Å². The Morgan fingerprint density at radius 2 is 1.52 bits per heavy atom. The molecule has 1 aliphatic rings. The molecule has 0 aliphatic carbocycles. The minimum absolute atomic E-state index is 0.135. The average molecular weight is 401 g/mol. The fraction of sp³-hybridized carbons (Fsp3) is 0.381. The molecule has 2 aromatic rings. The van der Waals surface area contributed by atoms with Crippen LogP contribution in [0.2, 0.25) is 0 Å². The summed E-state index contributed by atoms with van der Waals surface area (Å²) in [6, 6.07) is 16.6. The Morgan fingerprint density at radius 1 is 0.920 bits per heavy atom. The summed E-state index contributed by atoms with van der Waals surface area (Å²) in [5.74, 6) is 0.135. The molecular weight excluding hydrogens is 376 g/mol. The molecule has 0 N–H and O–H groups in total. The van der Waals surface area contributed by atoms with Gasteiger partial charge in [-0.2, -0.15) is 0 Å². The number of carbonyl (C=O) groups is 1. The summed E-state index contributed by atoms with van der Waals surface area (Å²) in [6.07, 6.45) is 2.34. The lowest BCUT2D eigenvalue weighted by molar-refractivity contribution is 0.0628. The van der Waals surface area contributed by atoms with E-state index in [9.17, 15) is 4.79 Å². The van der Waals surface area contributed by atoms with Crippen LogP contribution in [-0.4, -0.2) is 41.9 Å². The zero-order valence-electron chi connectivity index (χ0n) is 14.7. The Balaban J connectivity index is 1.51. The second-order valence-electron chi connectivity index (χ2n) is 6.64. The fourth-order valence-corrected chi connectivity index (χ4v) is 3.51. The van der Waals surface area contributed by atoms with Crippen molar-refractivity contribution >= 4 is 21.8 Å². The molecule has 0 radical (unpaired) electrons. The fourth-order valence-electron chi connectivity index (χ4n) is 3.24. The third-order valence-electron chi connectivity index (χ3n) is 4.72. The van der Waals surface area contributed by atoms with E-state index in [1.807, 2.05) is 29.2 Å². The molecule has 1 heterocycles. The highest BCUT2D eigenvalue weighted by Crippen LogP contribution is 2.15. The highest BCUT2D eigenvalue weighted by atomic mass is 79.9. The van der Waals surface area contributed by atoms with Crippen LogP contribution in [0.5, 0.6) is 0 Å². The molecule has 3 rings (SSSR count). The third kappa shape index (κ3) is 4.93. The number of piperazine rings is 1. The lowest BCUT2D eigenvalue weighted by atomic mass is 10.1. The Bertz CT molecular complexity index is 689. The lowest BCUT2D eigenvalue weighted by Gasteiger charge is -2.34. The number of benzene rings is 2. The van der Waals surface area contributed by atoms with Gasteiger partial charge >= 0.3 is 0 Å². The van der Waals surface area contributed by atoms with Gasteiger partial charge in [0.1, 0.15) is 0 Å². The van der Waals surface area contributed by atoms with Crippen molar-refractivity contribution < 1.29 is 4.79 Å². The van der Waals surface area contributed by atoms with Crippen LogP contribution in [0.25, 0.3) is 0 Å². The van der Waals surface area contributed by atoms with Gasteiger partial charge in [-0.05, 0) is 41.8 Å². The zero-order chi connectivity index (χ0) is 17.6. The summed E-state index contributed by atoms with van der Waals surface area (Å²) in [7, 11) is 0. The van der Waals surface area contributed by atoms with Crippen molar-refractivity contribution in [2.24, 2.45) is 0 Å². The van der Waals surface area contributed by atoms with Gasteiger partial charge in [0.25, 0.3) is 5.91 Å².